The molecular formula is C15H26N2O8. The summed E-state index contributed by atoms with van der Waals surface area (Å²) in [6.07, 6.45) is -4.72. The van der Waals surface area contributed by atoms with E-state index in [1.54, 1.807) is 27.7 Å². The Labute approximate surface area is 146 Å². The second kappa shape index (κ2) is 11.1. The van der Waals surface area contributed by atoms with Gasteiger partial charge in [-0.05, 0) is 41.5 Å². The number of esters is 2. The first-order valence-electron chi connectivity index (χ1n) is 7.82. The molecule has 0 saturated heterocycles. The molecule has 2 amide bonds. The van der Waals surface area contributed by atoms with Crippen molar-refractivity contribution in [3.63, 3.8) is 0 Å². The van der Waals surface area contributed by atoms with E-state index in [0.717, 1.165) is 0 Å². The van der Waals surface area contributed by atoms with Crippen LogP contribution >= 0.6 is 0 Å². The van der Waals surface area contributed by atoms with Crippen molar-refractivity contribution in [1.82, 2.24) is 10.6 Å². The summed E-state index contributed by atoms with van der Waals surface area (Å²) >= 11 is 0. The van der Waals surface area contributed by atoms with Gasteiger partial charge in [0.25, 0.3) is 0 Å². The lowest BCUT2D eigenvalue weighted by Crippen LogP contribution is -2.41. The lowest BCUT2D eigenvalue weighted by molar-refractivity contribution is -0.157. The van der Waals surface area contributed by atoms with Crippen LogP contribution in [0.5, 0.6) is 0 Å². The van der Waals surface area contributed by atoms with E-state index < -0.39 is 36.3 Å². The molecule has 10 heteroatoms. The molecule has 144 valence electrons. The van der Waals surface area contributed by atoms with Crippen molar-refractivity contribution >= 4 is 24.1 Å². The summed E-state index contributed by atoms with van der Waals surface area (Å²) in [5, 5.41) is 4.38. The van der Waals surface area contributed by atoms with Gasteiger partial charge < -0.3 is 29.6 Å². The fraction of sp³-hybridized carbons (Fsp3) is 0.733. The predicted octanol–water partition coefficient (Wildman–Crippen LogP) is 1.08. The van der Waals surface area contributed by atoms with E-state index in [4.69, 9.17) is 18.9 Å². The van der Waals surface area contributed by atoms with E-state index in [1.165, 1.54) is 13.8 Å². The van der Waals surface area contributed by atoms with Crippen LogP contribution in [0.3, 0.4) is 0 Å². The summed E-state index contributed by atoms with van der Waals surface area (Å²) in [4.78, 5) is 45.9. The highest BCUT2D eigenvalue weighted by atomic mass is 16.6. The summed E-state index contributed by atoms with van der Waals surface area (Å²) in [7, 11) is 0. The van der Waals surface area contributed by atoms with Gasteiger partial charge in [-0.15, -0.1) is 0 Å². The fourth-order valence-electron chi connectivity index (χ4n) is 1.35. The Balaban J connectivity index is 4.05. The van der Waals surface area contributed by atoms with Gasteiger partial charge in [-0.2, -0.15) is 0 Å². The van der Waals surface area contributed by atoms with Crippen LogP contribution in [0.4, 0.5) is 9.59 Å². The van der Waals surface area contributed by atoms with E-state index >= 15 is 0 Å². The van der Waals surface area contributed by atoms with E-state index in [2.05, 4.69) is 10.6 Å². The molecule has 0 heterocycles. The Hall–Kier alpha value is -2.52. The van der Waals surface area contributed by atoms with Crippen molar-refractivity contribution in [3.8, 4) is 0 Å². The van der Waals surface area contributed by atoms with Crippen LogP contribution in [0.2, 0.25) is 0 Å². The molecule has 0 aromatic heterocycles. The molecule has 2 atom stereocenters. The molecule has 0 aromatic rings. The average Bonchev–Trinajstić information content (AvgIpc) is 2.45. The quantitative estimate of drug-likeness (QED) is 0.373. The molecule has 0 rings (SSSR count). The highest BCUT2D eigenvalue weighted by Gasteiger charge is 2.21. The molecule has 0 aliphatic heterocycles. The van der Waals surface area contributed by atoms with E-state index in [1.807, 2.05) is 0 Å². The van der Waals surface area contributed by atoms with Gasteiger partial charge in [0, 0.05) is 0 Å². The summed E-state index contributed by atoms with van der Waals surface area (Å²) in [5.74, 6) is -1.37. The van der Waals surface area contributed by atoms with Gasteiger partial charge in [-0.1, -0.05) is 0 Å². The van der Waals surface area contributed by atoms with Crippen LogP contribution in [-0.4, -0.2) is 55.2 Å². The highest BCUT2D eigenvalue weighted by Crippen LogP contribution is 2.00. The maximum atomic E-state index is 11.5. The molecule has 0 saturated carbocycles. The number of carbonyl (C=O) groups is 4. The van der Waals surface area contributed by atoms with Crippen molar-refractivity contribution < 1.29 is 38.1 Å². The van der Waals surface area contributed by atoms with Gasteiger partial charge >= 0.3 is 24.1 Å². The Kier molecular flexibility index (Phi) is 9.99. The second-order valence-electron chi connectivity index (χ2n) is 5.60. The first kappa shape index (κ1) is 22.5. The summed E-state index contributed by atoms with van der Waals surface area (Å²) in [6, 6.07) is 0. The highest BCUT2D eigenvalue weighted by molar-refractivity contribution is 5.79. The predicted molar refractivity (Wildman–Crippen MR) is 85.5 cm³/mol. The third-order valence-corrected chi connectivity index (χ3v) is 2.40. The Bertz CT molecular complexity index is 436. The summed E-state index contributed by atoms with van der Waals surface area (Å²) < 4.78 is 19.3. The topological polar surface area (TPSA) is 129 Å². The zero-order valence-corrected chi connectivity index (χ0v) is 15.3. The van der Waals surface area contributed by atoms with Crippen LogP contribution in [0, 0.1) is 0 Å². The maximum Gasteiger partial charge on any atom is 0.409 e. The average molecular weight is 362 g/mol. The molecule has 2 unspecified atom stereocenters. The summed E-state index contributed by atoms with van der Waals surface area (Å²) in [5.41, 5.74) is 0. The van der Waals surface area contributed by atoms with Gasteiger partial charge in [0.2, 0.25) is 0 Å². The largest absolute Gasteiger partial charge is 0.460 e. The molecule has 0 aliphatic carbocycles. The number of hydrogen-bond acceptors (Lipinski definition) is 8. The number of ether oxygens (including phenoxy) is 4. The fourth-order valence-corrected chi connectivity index (χ4v) is 1.35. The molecule has 0 radical (unpaired) electrons. The van der Waals surface area contributed by atoms with Gasteiger partial charge in [0.15, 0.2) is 12.2 Å². The first-order chi connectivity index (χ1) is 11.5. The molecular weight excluding hydrogens is 336 g/mol. The van der Waals surface area contributed by atoms with Crippen LogP contribution < -0.4 is 10.6 Å². The molecule has 0 aromatic carbocycles. The van der Waals surface area contributed by atoms with Crippen molar-refractivity contribution in [3.05, 3.63) is 0 Å². The van der Waals surface area contributed by atoms with Gasteiger partial charge in [0.05, 0.1) is 18.9 Å². The van der Waals surface area contributed by atoms with Crippen LogP contribution in [-0.2, 0) is 28.5 Å². The number of amides is 2. The third-order valence-electron chi connectivity index (χ3n) is 2.40. The minimum atomic E-state index is -1.10. The molecule has 25 heavy (non-hydrogen) atoms. The minimum Gasteiger partial charge on any atom is -0.460 e. The Morgan fingerprint density at radius 2 is 0.960 bits per heavy atom. The number of alkyl carbamates (subject to hydrolysis) is 2. The molecule has 10 nitrogen and oxygen atoms in total. The standard InChI is InChI=1S/C15H26N2O8/c1-8(2)22-12(18)10(5)24-14(20)16-7-17-15(21)25-11(6)13(19)23-9(3)4/h8-11H,7H2,1-6H3,(H,16,20)(H,17,21). The van der Waals surface area contributed by atoms with Crippen LogP contribution in [0.15, 0.2) is 0 Å². The third kappa shape index (κ3) is 10.8. The van der Waals surface area contributed by atoms with E-state index in [0.29, 0.717) is 0 Å². The number of carbonyl (C=O) groups excluding carboxylic acids is 4. The zero-order valence-electron chi connectivity index (χ0n) is 15.3. The van der Waals surface area contributed by atoms with Crippen LogP contribution in [0.1, 0.15) is 41.5 Å². The van der Waals surface area contributed by atoms with Gasteiger partial charge in [-0.3, -0.25) is 0 Å². The lowest BCUT2D eigenvalue weighted by Gasteiger charge is -2.16. The number of rotatable bonds is 8. The second-order valence-corrected chi connectivity index (χ2v) is 5.60. The number of hydrogen-bond donors (Lipinski definition) is 2. The Morgan fingerprint density at radius 3 is 1.24 bits per heavy atom. The molecule has 2 N–H and O–H groups in total. The smallest absolute Gasteiger partial charge is 0.409 e. The molecule has 0 aliphatic rings. The SMILES string of the molecule is CC(C)OC(=O)C(C)OC(=O)NCNC(=O)OC(C)C(=O)OC(C)C. The van der Waals surface area contributed by atoms with E-state index in [-0.39, 0.29) is 18.9 Å². The molecule has 0 spiro atoms. The summed E-state index contributed by atoms with van der Waals surface area (Å²) in [6.45, 7) is 9.05. The zero-order chi connectivity index (χ0) is 19.6. The van der Waals surface area contributed by atoms with Crippen molar-refractivity contribution in [2.75, 3.05) is 6.67 Å². The maximum absolute atomic E-state index is 11.5. The van der Waals surface area contributed by atoms with E-state index in [9.17, 15) is 19.2 Å². The van der Waals surface area contributed by atoms with Crippen LogP contribution in [0.25, 0.3) is 0 Å². The lowest BCUT2D eigenvalue weighted by atomic mass is 10.4. The first-order valence-corrected chi connectivity index (χ1v) is 7.82. The van der Waals surface area contributed by atoms with Crippen molar-refractivity contribution in [2.45, 2.75) is 66.0 Å². The molecule has 0 fully saturated rings. The normalized spacial score (nSPS) is 12.8. The monoisotopic (exact) mass is 362 g/mol. The van der Waals surface area contributed by atoms with Crippen molar-refractivity contribution in [2.24, 2.45) is 0 Å². The van der Waals surface area contributed by atoms with Crippen molar-refractivity contribution in [1.29, 1.82) is 0 Å². The Morgan fingerprint density at radius 1 is 0.640 bits per heavy atom. The van der Waals surface area contributed by atoms with Gasteiger partial charge in [-0.25, -0.2) is 19.2 Å². The number of nitrogens with one attached hydrogen (secondary N) is 2. The molecule has 0 bridgehead atoms. The minimum absolute atomic E-state index is 0.324. The van der Waals surface area contributed by atoms with Gasteiger partial charge in [0.1, 0.15) is 0 Å².